The molecule has 2 aromatic carbocycles. The highest BCUT2D eigenvalue weighted by Gasteiger charge is 2.36. The number of aromatic nitrogens is 5. The van der Waals surface area contributed by atoms with Crippen LogP contribution in [0.5, 0.6) is 0 Å². The molecule has 0 fully saturated rings. The average Bonchev–Trinajstić information content (AvgIpc) is 3.14. The molecule has 2 aromatic heterocycles. The minimum absolute atomic E-state index is 0.0391. The van der Waals surface area contributed by atoms with Gasteiger partial charge in [0.15, 0.2) is 0 Å². The number of hydrogen-bond donors (Lipinski definition) is 2. The van der Waals surface area contributed by atoms with Gasteiger partial charge in [0, 0.05) is 30.1 Å². The molecular formula is C21H19FN6O. The maximum atomic E-state index is 14.2. The van der Waals surface area contributed by atoms with E-state index in [0.717, 1.165) is 11.4 Å². The molecule has 5 rings (SSSR count). The number of rotatable bonds is 3. The Morgan fingerprint density at radius 2 is 2.07 bits per heavy atom. The first-order chi connectivity index (χ1) is 14.2. The largest absolute Gasteiger partial charge is 0.384 e. The van der Waals surface area contributed by atoms with E-state index in [-0.39, 0.29) is 17.2 Å². The van der Waals surface area contributed by atoms with Crippen molar-refractivity contribution >= 4 is 16.5 Å². The van der Waals surface area contributed by atoms with E-state index in [9.17, 15) is 9.18 Å². The first-order valence-electron chi connectivity index (χ1n) is 9.55. The highest BCUT2D eigenvalue weighted by molar-refractivity contribution is 5.96. The smallest absolute Gasteiger partial charge is 0.272 e. The topological polar surface area (TPSA) is 88.5 Å². The summed E-state index contributed by atoms with van der Waals surface area (Å²) in [7, 11) is 0. The first-order valence-corrected chi connectivity index (χ1v) is 9.55. The summed E-state index contributed by atoms with van der Waals surface area (Å²) >= 11 is 0. The monoisotopic (exact) mass is 390 g/mol. The summed E-state index contributed by atoms with van der Waals surface area (Å²) in [5, 5.41) is 15.6. The number of H-pyrrole nitrogens is 1. The third kappa shape index (κ3) is 2.79. The molecule has 146 valence electrons. The summed E-state index contributed by atoms with van der Waals surface area (Å²) in [6, 6.07) is 12.8. The average molecular weight is 390 g/mol. The Labute approximate surface area is 165 Å². The van der Waals surface area contributed by atoms with E-state index in [4.69, 9.17) is 0 Å². The normalized spacial score (nSPS) is 18.4. The van der Waals surface area contributed by atoms with Crippen LogP contribution in [0.15, 0.2) is 53.6 Å². The van der Waals surface area contributed by atoms with E-state index in [1.165, 1.54) is 18.5 Å². The Morgan fingerprint density at radius 3 is 2.86 bits per heavy atom. The molecule has 3 heterocycles. The van der Waals surface area contributed by atoms with Crippen molar-refractivity contribution in [3.63, 3.8) is 0 Å². The van der Waals surface area contributed by atoms with Crippen LogP contribution in [0.3, 0.4) is 0 Å². The minimum Gasteiger partial charge on any atom is -0.384 e. The molecule has 0 saturated heterocycles. The van der Waals surface area contributed by atoms with Gasteiger partial charge >= 0.3 is 0 Å². The molecule has 0 spiro atoms. The Kier molecular flexibility index (Phi) is 4.12. The van der Waals surface area contributed by atoms with Crippen molar-refractivity contribution in [2.24, 2.45) is 0 Å². The molecule has 0 radical (unpaired) electrons. The molecule has 4 aromatic rings. The summed E-state index contributed by atoms with van der Waals surface area (Å²) in [5.74, 6) is -0.00330. The molecule has 0 bridgehead atoms. The predicted molar refractivity (Wildman–Crippen MR) is 108 cm³/mol. The zero-order valence-electron chi connectivity index (χ0n) is 15.8. The molecule has 1 aliphatic heterocycles. The van der Waals surface area contributed by atoms with E-state index in [0.29, 0.717) is 29.9 Å². The molecule has 7 nitrogen and oxygen atoms in total. The summed E-state index contributed by atoms with van der Waals surface area (Å²) in [5.41, 5.74) is 1.92. The van der Waals surface area contributed by atoms with E-state index in [1.54, 1.807) is 0 Å². The lowest BCUT2D eigenvalue weighted by Crippen LogP contribution is -2.24. The Bertz CT molecular complexity index is 1250. The number of aryl methyl sites for hydroxylation is 1. The number of nitrogens with one attached hydrogen (secondary N) is 2. The van der Waals surface area contributed by atoms with Gasteiger partial charge in [0.2, 0.25) is 0 Å². The molecule has 1 aliphatic rings. The number of hydrogen-bond acceptors (Lipinski definition) is 5. The van der Waals surface area contributed by atoms with Gasteiger partial charge in [0.1, 0.15) is 18.0 Å². The van der Waals surface area contributed by atoms with Crippen LogP contribution in [-0.4, -0.2) is 31.5 Å². The fourth-order valence-corrected chi connectivity index (χ4v) is 4.25. The molecule has 0 aliphatic carbocycles. The van der Waals surface area contributed by atoms with E-state index in [2.05, 4.69) is 37.7 Å². The lowest BCUT2D eigenvalue weighted by molar-refractivity contribution is 0.527. The molecule has 0 saturated carbocycles. The Hall–Kier alpha value is -3.55. The van der Waals surface area contributed by atoms with Gasteiger partial charge in [-0.1, -0.05) is 30.3 Å². The number of anilines is 1. The van der Waals surface area contributed by atoms with Gasteiger partial charge in [0.05, 0.1) is 17.0 Å². The number of halogens is 1. The van der Waals surface area contributed by atoms with Gasteiger partial charge in [-0.2, -0.15) is 10.2 Å². The minimum atomic E-state index is -0.464. The van der Waals surface area contributed by atoms with Gasteiger partial charge < -0.3 is 5.32 Å². The molecular weight excluding hydrogens is 371 g/mol. The Balaban J connectivity index is 1.84. The lowest BCUT2D eigenvalue weighted by Gasteiger charge is -2.25. The fraction of sp³-hybridized carbons (Fsp3) is 0.238. The van der Waals surface area contributed by atoms with E-state index < -0.39 is 11.4 Å². The second-order valence-corrected chi connectivity index (χ2v) is 7.12. The van der Waals surface area contributed by atoms with Crippen LogP contribution in [-0.2, 0) is 6.54 Å². The second-order valence-electron chi connectivity index (χ2n) is 7.12. The van der Waals surface area contributed by atoms with Crippen molar-refractivity contribution in [1.82, 2.24) is 25.0 Å². The number of benzene rings is 2. The maximum absolute atomic E-state index is 14.2. The summed E-state index contributed by atoms with van der Waals surface area (Å²) in [6.45, 7) is 3.20. The van der Waals surface area contributed by atoms with Crippen molar-refractivity contribution < 1.29 is 4.39 Å². The first kappa shape index (κ1) is 17.5. The van der Waals surface area contributed by atoms with Crippen LogP contribution in [0.25, 0.3) is 10.8 Å². The van der Waals surface area contributed by atoms with Gasteiger partial charge in [-0.05, 0) is 24.6 Å². The summed E-state index contributed by atoms with van der Waals surface area (Å²) in [4.78, 5) is 17.0. The molecule has 8 heteroatoms. The predicted octanol–water partition coefficient (Wildman–Crippen LogP) is 3.01. The van der Waals surface area contributed by atoms with Gasteiger partial charge in [0.25, 0.3) is 5.56 Å². The van der Waals surface area contributed by atoms with Crippen LogP contribution in [0.1, 0.15) is 35.8 Å². The summed E-state index contributed by atoms with van der Waals surface area (Å²) < 4.78 is 16.1. The van der Waals surface area contributed by atoms with Gasteiger partial charge in [-0.3, -0.25) is 4.79 Å². The SMILES string of the molecule is CCn1ncnc1C1c2n[nH]c(=O)c3cc(F)cc(c23)NCC1c1ccccc1. The molecule has 2 unspecified atom stereocenters. The number of aromatic amines is 1. The summed E-state index contributed by atoms with van der Waals surface area (Å²) in [6.07, 6.45) is 1.54. The zero-order chi connectivity index (χ0) is 20.0. The van der Waals surface area contributed by atoms with Crippen LogP contribution in [0.2, 0.25) is 0 Å². The highest BCUT2D eigenvalue weighted by Crippen LogP contribution is 2.43. The lowest BCUT2D eigenvalue weighted by atomic mass is 9.82. The van der Waals surface area contributed by atoms with Crippen molar-refractivity contribution in [1.29, 1.82) is 0 Å². The van der Waals surface area contributed by atoms with Crippen LogP contribution in [0, 0.1) is 5.82 Å². The van der Waals surface area contributed by atoms with Crippen molar-refractivity contribution in [3.05, 3.63) is 82.0 Å². The van der Waals surface area contributed by atoms with Crippen LogP contribution in [0.4, 0.5) is 10.1 Å². The van der Waals surface area contributed by atoms with Crippen molar-refractivity contribution in [2.75, 3.05) is 11.9 Å². The van der Waals surface area contributed by atoms with Crippen molar-refractivity contribution in [2.45, 2.75) is 25.3 Å². The van der Waals surface area contributed by atoms with Gasteiger partial charge in [-0.25, -0.2) is 19.2 Å². The molecule has 0 amide bonds. The highest BCUT2D eigenvalue weighted by atomic mass is 19.1. The molecule has 2 N–H and O–H groups in total. The Morgan fingerprint density at radius 1 is 1.24 bits per heavy atom. The fourth-order valence-electron chi connectivity index (χ4n) is 4.25. The maximum Gasteiger partial charge on any atom is 0.272 e. The second kappa shape index (κ2) is 6.80. The van der Waals surface area contributed by atoms with E-state index in [1.807, 2.05) is 29.8 Å². The quantitative estimate of drug-likeness (QED) is 0.561. The standard InChI is InChI=1S/C21H19FN6O/c1-2-28-20(24-11-25-28)18-15(12-6-4-3-5-7-12)10-23-16-9-13(22)8-14-17(16)19(18)26-27-21(14)29/h3-9,11,15,18,23H,2,10H2,1H3,(H,27,29). The van der Waals surface area contributed by atoms with Crippen LogP contribution >= 0.6 is 0 Å². The number of nitrogens with zero attached hydrogens (tertiary/aromatic N) is 4. The third-order valence-electron chi connectivity index (χ3n) is 5.54. The molecule has 29 heavy (non-hydrogen) atoms. The third-order valence-corrected chi connectivity index (χ3v) is 5.54. The van der Waals surface area contributed by atoms with Crippen molar-refractivity contribution in [3.8, 4) is 0 Å². The zero-order valence-corrected chi connectivity index (χ0v) is 15.8. The van der Waals surface area contributed by atoms with E-state index >= 15 is 0 Å². The molecule has 2 atom stereocenters. The van der Waals surface area contributed by atoms with Crippen LogP contribution < -0.4 is 10.9 Å². The van der Waals surface area contributed by atoms with Gasteiger partial charge in [-0.15, -0.1) is 0 Å².